The molecular weight excluding hydrogens is 1850 g/mol. The summed E-state index contributed by atoms with van der Waals surface area (Å²) in [7, 11) is 0. The first kappa shape index (κ1) is 96.9. The molecule has 12 radical (unpaired) electrons. The molecule has 3 aliphatic rings. The van der Waals surface area contributed by atoms with Gasteiger partial charge in [0.05, 0.1) is 12.4 Å². The van der Waals surface area contributed by atoms with Crippen molar-refractivity contribution in [3.05, 3.63) is 180 Å². The smallest absolute Gasteiger partial charge is 0.0878 e. The van der Waals surface area contributed by atoms with Crippen molar-refractivity contribution in [2.24, 2.45) is 11.8 Å². The SMILES string of the molecule is Fc1[c-]ccc(-c2cc[c-]cc2)c1F.Fc1[c-]ccc(C2CC[CH-]CC2)c1F.Fc1[c-]ccc(CCC2CC[CH-]CC2)c1F.Fc1[c-]ccc(OCC2CC[CH-]CC2)c1F.[Y].[Y].[Y].[Y].[Y].[Y].[Y].[Y].[Y].[Y].[Y].[Y]. The van der Waals surface area contributed by atoms with Gasteiger partial charge in [0.15, 0.2) is 0 Å². The van der Waals surface area contributed by atoms with Crippen LogP contribution < -0.4 is 4.74 Å². The van der Waals surface area contributed by atoms with Gasteiger partial charge in [-0.2, -0.15) is 111 Å². The van der Waals surface area contributed by atoms with E-state index in [2.05, 4.69) is 49.6 Å². The first-order chi connectivity index (χ1) is 29.1. The van der Waals surface area contributed by atoms with E-state index in [1.165, 1.54) is 62.1 Å². The van der Waals surface area contributed by atoms with Crippen LogP contribution >= 0.6 is 0 Å². The van der Waals surface area contributed by atoms with E-state index in [4.69, 9.17) is 4.74 Å². The maximum Gasteiger partial charge on any atom is 0.0878 e. The van der Waals surface area contributed by atoms with Gasteiger partial charge in [0, 0.05) is 439 Å². The van der Waals surface area contributed by atoms with E-state index in [0.29, 0.717) is 41.6 Å². The third-order valence-corrected chi connectivity index (χ3v) is 11.0. The Morgan fingerprint density at radius 2 is 0.847 bits per heavy atom. The van der Waals surface area contributed by atoms with Crippen LogP contribution in [0.4, 0.5) is 35.1 Å². The fourth-order valence-corrected chi connectivity index (χ4v) is 7.51. The number of benzene rings is 5. The average Bonchev–Trinajstić information content (AvgIpc) is 3.28. The monoisotopic (exact) mass is 1900 g/mol. The van der Waals surface area contributed by atoms with Crippen molar-refractivity contribution in [1.29, 1.82) is 0 Å². The molecule has 21 heteroatoms. The minimum Gasteiger partial charge on any atom is -0.516 e. The maximum absolute atomic E-state index is 13.4. The predicted molar refractivity (Wildman–Crippen MR) is 217 cm³/mol. The molecule has 3 fully saturated rings. The van der Waals surface area contributed by atoms with Crippen LogP contribution in [0.1, 0.15) is 101 Å². The van der Waals surface area contributed by atoms with Crippen molar-refractivity contribution in [2.45, 2.75) is 95.8 Å². The Labute approximate surface area is 726 Å². The molecule has 358 valence electrons. The molecule has 8 rings (SSSR count). The van der Waals surface area contributed by atoms with Gasteiger partial charge in [-0.3, -0.25) is 17.6 Å². The Hall–Kier alpha value is 8.59. The summed E-state index contributed by atoms with van der Waals surface area (Å²) >= 11 is 0. The fourth-order valence-electron chi connectivity index (χ4n) is 7.51. The van der Waals surface area contributed by atoms with Crippen LogP contribution in [0.25, 0.3) is 11.1 Å². The van der Waals surface area contributed by atoms with Crippen molar-refractivity contribution in [3.63, 3.8) is 0 Å². The zero-order valence-corrected chi connectivity index (χ0v) is 74.4. The first-order valence-corrected chi connectivity index (χ1v) is 20.6. The second kappa shape index (κ2) is 57.3. The van der Waals surface area contributed by atoms with Gasteiger partial charge in [0.2, 0.25) is 0 Å². The second-order valence-corrected chi connectivity index (χ2v) is 15.1. The van der Waals surface area contributed by atoms with E-state index in [0.717, 1.165) is 57.8 Å². The second-order valence-electron chi connectivity index (χ2n) is 15.1. The van der Waals surface area contributed by atoms with E-state index in [9.17, 15) is 35.1 Å². The van der Waals surface area contributed by atoms with E-state index >= 15 is 0 Å². The summed E-state index contributed by atoms with van der Waals surface area (Å²) < 4.78 is 110. The summed E-state index contributed by atoms with van der Waals surface area (Å²) in [5, 5.41) is 0. The molecular formula is C51H48F8OY12-8. The van der Waals surface area contributed by atoms with E-state index in [-0.39, 0.29) is 410 Å². The summed E-state index contributed by atoms with van der Waals surface area (Å²) in [5.74, 6) is -5.55. The van der Waals surface area contributed by atoms with Crippen LogP contribution in [0.5, 0.6) is 5.75 Å². The molecule has 3 aliphatic carbocycles. The van der Waals surface area contributed by atoms with Crippen LogP contribution in [0.3, 0.4) is 0 Å². The van der Waals surface area contributed by atoms with Gasteiger partial charge in [-0.25, -0.2) is 17.6 Å². The zero-order chi connectivity index (χ0) is 42.7. The van der Waals surface area contributed by atoms with Gasteiger partial charge >= 0.3 is 0 Å². The average molecular weight is 1900 g/mol. The number of aryl methyl sites for hydroxylation is 1. The number of rotatable bonds is 8. The van der Waals surface area contributed by atoms with E-state index in [1.807, 2.05) is 0 Å². The van der Waals surface area contributed by atoms with Crippen LogP contribution in [-0.4, -0.2) is 6.61 Å². The molecule has 0 aliphatic heterocycles. The summed E-state index contributed by atoms with van der Waals surface area (Å²) in [6.45, 7) is 0.466. The van der Waals surface area contributed by atoms with E-state index in [1.54, 1.807) is 36.4 Å². The molecule has 0 atom stereocenters. The van der Waals surface area contributed by atoms with Crippen molar-refractivity contribution < 1.29 is 432 Å². The summed E-state index contributed by atoms with van der Waals surface area (Å²) in [6.07, 6.45) is 21.3. The third kappa shape index (κ3) is 36.0. The molecule has 0 aromatic heterocycles. The largest absolute Gasteiger partial charge is 0.516 e. The van der Waals surface area contributed by atoms with Gasteiger partial charge in [-0.05, 0) is 30.6 Å². The maximum atomic E-state index is 13.4. The van der Waals surface area contributed by atoms with Gasteiger partial charge in [-0.1, -0.05) is 38.5 Å². The zero-order valence-electron chi connectivity index (χ0n) is 40.4. The van der Waals surface area contributed by atoms with Crippen LogP contribution in [0.2, 0.25) is 0 Å². The molecule has 1 nitrogen and oxygen atoms in total. The predicted octanol–water partition coefficient (Wildman–Crippen LogP) is 14.5. The summed E-state index contributed by atoms with van der Waals surface area (Å²) in [5.41, 5.74) is 1.89. The summed E-state index contributed by atoms with van der Waals surface area (Å²) in [6, 6.07) is 30.1. The molecule has 0 bridgehead atoms. The van der Waals surface area contributed by atoms with Gasteiger partial charge in [0.1, 0.15) is 0 Å². The molecule has 0 spiro atoms. The fraction of sp³-hybridized carbons (Fsp3) is 0.353. The van der Waals surface area contributed by atoms with Crippen molar-refractivity contribution in [1.82, 2.24) is 0 Å². The molecule has 0 amide bonds. The Morgan fingerprint density at radius 1 is 0.431 bits per heavy atom. The Kier molecular flexibility index (Phi) is 77.2. The first-order valence-electron chi connectivity index (χ1n) is 20.6. The normalized spacial score (nSPS) is 13.3. The van der Waals surface area contributed by atoms with Gasteiger partial charge < -0.3 is 24.0 Å². The topological polar surface area (TPSA) is 9.23 Å². The number of hydrogen-bond acceptors (Lipinski definition) is 1. The van der Waals surface area contributed by atoms with Gasteiger partial charge in [0.25, 0.3) is 0 Å². The molecule has 5 aromatic carbocycles. The molecule has 3 saturated carbocycles. The van der Waals surface area contributed by atoms with Crippen molar-refractivity contribution in [3.8, 4) is 16.9 Å². The van der Waals surface area contributed by atoms with Gasteiger partial charge in [-0.15, -0.1) is 52.6 Å². The molecule has 0 heterocycles. The van der Waals surface area contributed by atoms with Crippen LogP contribution in [0, 0.1) is 108 Å². The summed E-state index contributed by atoms with van der Waals surface area (Å²) in [4.78, 5) is 0. The standard InChI is InChI=1S/C14H16F2.C13H14F2O.C12H12F2.C12H6F2.12Y/c15-13-8-4-7-12(14(13)16)10-9-11-5-2-1-3-6-11;14-11-7-4-8-12(13(11)15)16-9-10-5-2-1-3-6-10;2*13-11-8-4-7-10(12(11)14)9-5-2-1-3-6-9;;;;;;;;;;;;/h1,4,7,11H,2-3,5-6,9-10H2;1,4,8,10H,2-3,5-6,9H2;1,4,7,9H,2-3,5-6H2;2-7H;;;;;;;;;;;;/q4*-2;;;;;;;;;;;;. The quantitative estimate of drug-likeness (QED) is 0.111. The Bertz CT molecular complexity index is 2000. The minimum absolute atomic E-state index is 0. The molecule has 0 saturated heterocycles. The van der Waals surface area contributed by atoms with Crippen molar-refractivity contribution >= 4 is 0 Å². The minimum atomic E-state index is -0.977. The molecule has 5 aromatic rings. The van der Waals surface area contributed by atoms with Crippen LogP contribution in [0.15, 0.2) is 72.8 Å². The number of hydrogen-bond donors (Lipinski definition) is 0. The third-order valence-electron chi connectivity index (χ3n) is 11.0. The molecule has 0 N–H and O–H groups in total. The van der Waals surface area contributed by atoms with E-state index < -0.39 is 46.5 Å². The molecule has 72 heavy (non-hydrogen) atoms. The number of ether oxygens (including phenoxy) is 1. The number of halogens is 8. The van der Waals surface area contributed by atoms with Crippen LogP contribution in [-0.2, 0) is 399 Å². The Morgan fingerprint density at radius 3 is 1.38 bits per heavy atom. The molecule has 0 unspecified atom stereocenters. The van der Waals surface area contributed by atoms with Crippen molar-refractivity contribution in [2.75, 3.05) is 6.61 Å². The Balaban J connectivity index is -0.000000120.